The molecule has 2 aromatic rings. The Hall–Kier alpha value is -2.10. The molecule has 2 aliphatic rings. The molecular formula is C20H25N3O. The van der Waals surface area contributed by atoms with Crippen LogP contribution in [0.5, 0.6) is 0 Å². The monoisotopic (exact) mass is 323 g/mol. The van der Waals surface area contributed by atoms with Crippen LogP contribution in [0.3, 0.4) is 0 Å². The summed E-state index contributed by atoms with van der Waals surface area (Å²) in [6, 6.07) is 6.80. The topological polar surface area (TPSA) is 46.9 Å². The second-order valence-corrected chi connectivity index (χ2v) is 7.19. The number of fused-ring (bicyclic) bond motifs is 2. The van der Waals surface area contributed by atoms with Crippen molar-refractivity contribution in [2.75, 3.05) is 0 Å². The number of nitrogens with one attached hydrogen (secondary N) is 1. The van der Waals surface area contributed by atoms with Crippen LogP contribution in [-0.2, 0) is 30.6 Å². The molecule has 4 nitrogen and oxygen atoms in total. The van der Waals surface area contributed by atoms with Gasteiger partial charge in [0, 0.05) is 31.3 Å². The smallest absolute Gasteiger partial charge is 0.224 e. The Kier molecular flexibility index (Phi) is 4.13. The lowest BCUT2D eigenvalue weighted by Crippen LogP contribution is -2.36. The molecule has 4 rings (SSSR count). The van der Waals surface area contributed by atoms with Crippen molar-refractivity contribution in [3.8, 4) is 0 Å². The van der Waals surface area contributed by atoms with E-state index < -0.39 is 0 Å². The van der Waals surface area contributed by atoms with Crippen LogP contribution in [0.2, 0.25) is 0 Å². The SMILES string of the molecule is CC(NC(=O)C1CCn2ccnc2C1)c1ccc2c(c1)CCCC2. The summed E-state index contributed by atoms with van der Waals surface area (Å²) in [5, 5.41) is 3.22. The minimum absolute atomic E-state index is 0.0416. The number of aromatic nitrogens is 2. The normalized spacial score (nSPS) is 20.8. The number of nitrogens with zero attached hydrogens (tertiary/aromatic N) is 2. The maximum Gasteiger partial charge on any atom is 0.224 e. The first kappa shape index (κ1) is 15.4. The summed E-state index contributed by atoms with van der Waals surface area (Å²) in [4.78, 5) is 17.0. The van der Waals surface area contributed by atoms with Crippen LogP contribution in [0.25, 0.3) is 0 Å². The molecule has 1 aromatic carbocycles. The van der Waals surface area contributed by atoms with Crippen molar-refractivity contribution in [2.45, 2.75) is 58.0 Å². The van der Waals surface area contributed by atoms with E-state index in [0.29, 0.717) is 0 Å². The van der Waals surface area contributed by atoms with E-state index in [0.717, 1.165) is 25.2 Å². The van der Waals surface area contributed by atoms with Gasteiger partial charge in [-0.1, -0.05) is 18.2 Å². The third-order valence-electron chi connectivity index (χ3n) is 5.55. The largest absolute Gasteiger partial charge is 0.349 e. The maximum atomic E-state index is 12.7. The number of hydrogen-bond acceptors (Lipinski definition) is 2. The molecule has 2 atom stereocenters. The van der Waals surface area contributed by atoms with E-state index in [1.54, 1.807) is 0 Å². The first-order valence-electron chi connectivity index (χ1n) is 9.13. The Balaban J connectivity index is 1.42. The molecule has 2 unspecified atom stereocenters. The zero-order chi connectivity index (χ0) is 16.5. The van der Waals surface area contributed by atoms with E-state index in [-0.39, 0.29) is 17.9 Å². The molecule has 126 valence electrons. The van der Waals surface area contributed by atoms with Gasteiger partial charge in [-0.2, -0.15) is 0 Å². The van der Waals surface area contributed by atoms with Crippen LogP contribution in [0.1, 0.15) is 54.7 Å². The van der Waals surface area contributed by atoms with Crippen molar-refractivity contribution in [1.29, 1.82) is 0 Å². The molecule has 0 bridgehead atoms. The molecule has 1 amide bonds. The number of benzene rings is 1. The average molecular weight is 323 g/mol. The number of imidazole rings is 1. The van der Waals surface area contributed by atoms with Gasteiger partial charge in [0.05, 0.1) is 6.04 Å². The molecule has 0 fully saturated rings. The van der Waals surface area contributed by atoms with Crippen LogP contribution < -0.4 is 5.32 Å². The van der Waals surface area contributed by atoms with Crippen LogP contribution in [0, 0.1) is 5.92 Å². The highest BCUT2D eigenvalue weighted by molar-refractivity contribution is 5.79. The van der Waals surface area contributed by atoms with E-state index in [1.165, 1.54) is 42.4 Å². The predicted molar refractivity (Wildman–Crippen MR) is 93.7 cm³/mol. The Morgan fingerprint density at radius 2 is 2.12 bits per heavy atom. The van der Waals surface area contributed by atoms with Gasteiger partial charge in [0.15, 0.2) is 0 Å². The first-order valence-corrected chi connectivity index (χ1v) is 9.13. The van der Waals surface area contributed by atoms with Crippen molar-refractivity contribution >= 4 is 5.91 Å². The molecule has 1 aliphatic carbocycles. The van der Waals surface area contributed by atoms with Crippen molar-refractivity contribution in [3.63, 3.8) is 0 Å². The van der Waals surface area contributed by atoms with Crippen molar-refractivity contribution in [2.24, 2.45) is 5.92 Å². The highest BCUT2D eigenvalue weighted by Crippen LogP contribution is 2.26. The molecular weight excluding hydrogens is 298 g/mol. The van der Waals surface area contributed by atoms with E-state index in [2.05, 4.69) is 40.0 Å². The van der Waals surface area contributed by atoms with Gasteiger partial charge in [-0.15, -0.1) is 0 Å². The van der Waals surface area contributed by atoms with E-state index >= 15 is 0 Å². The molecule has 2 heterocycles. The zero-order valence-corrected chi connectivity index (χ0v) is 14.3. The molecule has 0 saturated heterocycles. The molecule has 24 heavy (non-hydrogen) atoms. The summed E-state index contributed by atoms with van der Waals surface area (Å²) in [5.74, 6) is 1.23. The van der Waals surface area contributed by atoms with Gasteiger partial charge >= 0.3 is 0 Å². The maximum absolute atomic E-state index is 12.7. The molecule has 1 aromatic heterocycles. The minimum atomic E-state index is 0.0416. The van der Waals surface area contributed by atoms with Gasteiger partial charge in [0.2, 0.25) is 5.91 Å². The lowest BCUT2D eigenvalue weighted by Gasteiger charge is -2.25. The molecule has 0 saturated carbocycles. The lowest BCUT2D eigenvalue weighted by molar-refractivity contribution is -0.126. The van der Waals surface area contributed by atoms with E-state index in [9.17, 15) is 4.79 Å². The summed E-state index contributed by atoms with van der Waals surface area (Å²) >= 11 is 0. The van der Waals surface area contributed by atoms with Crippen LogP contribution >= 0.6 is 0 Å². The average Bonchev–Trinajstić information content (AvgIpc) is 3.08. The van der Waals surface area contributed by atoms with Gasteiger partial charge < -0.3 is 9.88 Å². The Morgan fingerprint density at radius 3 is 3.00 bits per heavy atom. The van der Waals surface area contributed by atoms with Gasteiger partial charge in [-0.3, -0.25) is 4.79 Å². The van der Waals surface area contributed by atoms with E-state index in [4.69, 9.17) is 0 Å². The van der Waals surface area contributed by atoms with Gasteiger partial charge in [0.1, 0.15) is 5.82 Å². The summed E-state index contributed by atoms with van der Waals surface area (Å²) < 4.78 is 2.15. The van der Waals surface area contributed by atoms with Crippen LogP contribution in [0.4, 0.5) is 0 Å². The molecule has 4 heteroatoms. The highest BCUT2D eigenvalue weighted by Gasteiger charge is 2.26. The lowest BCUT2D eigenvalue weighted by atomic mass is 9.89. The van der Waals surface area contributed by atoms with Crippen molar-refractivity contribution < 1.29 is 4.79 Å². The third-order valence-corrected chi connectivity index (χ3v) is 5.55. The van der Waals surface area contributed by atoms with Crippen LogP contribution in [0.15, 0.2) is 30.6 Å². The highest BCUT2D eigenvalue weighted by atomic mass is 16.1. The van der Waals surface area contributed by atoms with Gasteiger partial charge in [-0.25, -0.2) is 4.98 Å². The fourth-order valence-corrected chi connectivity index (χ4v) is 4.01. The van der Waals surface area contributed by atoms with Crippen molar-refractivity contribution in [3.05, 3.63) is 53.1 Å². The number of carbonyl (C=O) groups excluding carboxylic acids is 1. The molecule has 1 aliphatic heterocycles. The summed E-state index contributed by atoms with van der Waals surface area (Å²) in [6.45, 7) is 2.98. The number of rotatable bonds is 3. The second-order valence-electron chi connectivity index (χ2n) is 7.19. The standard InChI is InChI=1S/C20H25N3O/c1-14(16-7-6-15-4-2-3-5-17(15)12-16)22-20(24)18-8-10-23-11-9-21-19(23)13-18/h6-7,9,11-12,14,18H,2-5,8,10,13H2,1H3,(H,22,24). The Bertz CT molecular complexity index is 749. The fraction of sp³-hybridized carbons (Fsp3) is 0.500. The first-order chi connectivity index (χ1) is 11.7. The fourth-order valence-electron chi connectivity index (χ4n) is 4.01. The summed E-state index contributed by atoms with van der Waals surface area (Å²) in [6.07, 6.45) is 10.4. The van der Waals surface area contributed by atoms with Gasteiger partial charge in [-0.05, 0) is 55.7 Å². The Morgan fingerprint density at radius 1 is 1.29 bits per heavy atom. The molecule has 1 N–H and O–H groups in total. The minimum Gasteiger partial charge on any atom is -0.349 e. The zero-order valence-electron chi connectivity index (χ0n) is 14.3. The number of carbonyl (C=O) groups is 1. The number of hydrogen-bond donors (Lipinski definition) is 1. The third kappa shape index (κ3) is 2.97. The van der Waals surface area contributed by atoms with E-state index in [1.807, 2.05) is 12.4 Å². The molecule has 0 radical (unpaired) electrons. The second kappa shape index (κ2) is 6.42. The number of amides is 1. The number of aryl methyl sites for hydroxylation is 3. The Labute approximate surface area is 143 Å². The van der Waals surface area contributed by atoms with Crippen molar-refractivity contribution in [1.82, 2.24) is 14.9 Å². The summed E-state index contributed by atoms with van der Waals surface area (Å²) in [7, 11) is 0. The predicted octanol–water partition coefficient (Wildman–Crippen LogP) is 3.20. The van der Waals surface area contributed by atoms with Crippen LogP contribution in [-0.4, -0.2) is 15.5 Å². The molecule has 0 spiro atoms. The quantitative estimate of drug-likeness (QED) is 0.943. The van der Waals surface area contributed by atoms with Gasteiger partial charge in [0.25, 0.3) is 0 Å². The summed E-state index contributed by atoms with van der Waals surface area (Å²) in [5.41, 5.74) is 4.18.